The number of nitriles is 1. The summed E-state index contributed by atoms with van der Waals surface area (Å²) in [5, 5.41) is 8.44. The zero-order chi connectivity index (χ0) is 13.8. The van der Waals surface area contributed by atoms with Gasteiger partial charge in [0.25, 0.3) is 6.26 Å². The summed E-state index contributed by atoms with van der Waals surface area (Å²) < 4.78 is 4.78. The van der Waals surface area contributed by atoms with Gasteiger partial charge in [-0.25, -0.2) is 0 Å². The highest BCUT2D eigenvalue weighted by Crippen LogP contribution is 2.20. The molecule has 0 N–H and O–H groups in total. The highest BCUT2D eigenvalue weighted by Gasteiger charge is 2.04. The Morgan fingerprint density at radius 2 is 1.58 bits per heavy atom. The normalized spacial score (nSPS) is 10.0. The number of aryl methyl sites for hydroxylation is 3. The van der Waals surface area contributed by atoms with Crippen molar-refractivity contribution in [2.45, 2.75) is 27.2 Å². The number of rotatable bonds is 3. The van der Waals surface area contributed by atoms with Gasteiger partial charge in [-0.1, -0.05) is 24.3 Å². The van der Waals surface area contributed by atoms with E-state index < -0.39 is 0 Å². The second kappa shape index (κ2) is 5.58. The van der Waals surface area contributed by atoms with Crippen molar-refractivity contribution in [1.82, 2.24) is 0 Å². The minimum Gasteiger partial charge on any atom is -0.388 e. The minimum absolute atomic E-state index is 0.586. The third-order valence-corrected chi connectivity index (χ3v) is 3.43. The molecule has 0 bridgehead atoms. The molecule has 0 aliphatic rings. The van der Waals surface area contributed by atoms with Crippen LogP contribution >= 0.6 is 0 Å². The van der Waals surface area contributed by atoms with E-state index in [1.54, 1.807) is 6.26 Å². The summed E-state index contributed by atoms with van der Waals surface area (Å²) in [7, 11) is 0. The highest BCUT2D eigenvalue weighted by molar-refractivity contribution is 5.40. The van der Waals surface area contributed by atoms with Gasteiger partial charge in [0.05, 0.1) is 0 Å². The molecular formula is C17H17NO. The maximum absolute atomic E-state index is 8.44. The molecule has 96 valence electrons. The Morgan fingerprint density at radius 1 is 0.947 bits per heavy atom. The molecule has 0 aromatic heterocycles. The quantitative estimate of drug-likeness (QED) is 0.770. The third-order valence-electron chi connectivity index (χ3n) is 3.43. The smallest absolute Gasteiger partial charge is 0.292 e. The van der Waals surface area contributed by atoms with Crippen LogP contribution in [0.25, 0.3) is 0 Å². The first kappa shape index (κ1) is 13.2. The predicted molar refractivity (Wildman–Crippen MR) is 76.1 cm³/mol. The van der Waals surface area contributed by atoms with Gasteiger partial charge in [0.15, 0.2) is 0 Å². The molecule has 0 atom stereocenters. The average Bonchev–Trinajstić information content (AvgIpc) is 2.38. The fraction of sp³-hybridized carbons (Fsp3) is 0.235. The molecule has 2 nitrogen and oxygen atoms in total. The fourth-order valence-corrected chi connectivity index (χ4v) is 2.16. The first-order valence-electron chi connectivity index (χ1n) is 6.32. The SMILES string of the molecule is Cc1cc(C)c(Cc2ccc(OC#N)cc2)cc1C. The van der Waals surface area contributed by atoms with Crippen molar-refractivity contribution < 1.29 is 4.74 Å². The summed E-state index contributed by atoms with van der Waals surface area (Å²) in [6.07, 6.45) is 2.58. The summed E-state index contributed by atoms with van der Waals surface area (Å²) in [5.74, 6) is 0.586. The van der Waals surface area contributed by atoms with Gasteiger partial charge in [-0.2, -0.15) is 0 Å². The van der Waals surface area contributed by atoms with Gasteiger partial charge in [0.1, 0.15) is 5.75 Å². The average molecular weight is 251 g/mol. The van der Waals surface area contributed by atoms with Crippen molar-refractivity contribution in [1.29, 1.82) is 5.26 Å². The number of hydrogen-bond donors (Lipinski definition) is 0. The largest absolute Gasteiger partial charge is 0.388 e. The zero-order valence-electron chi connectivity index (χ0n) is 11.5. The molecule has 2 aromatic rings. The maximum atomic E-state index is 8.44. The van der Waals surface area contributed by atoms with E-state index in [0.717, 1.165) is 6.42 Å². The van der Waals surface area contributed by atoms with Crippen molar-refractivity contribution in [2.75, 3.05) is 0 Å². The first-order valence-corrected chi connectivity index (χ1v) is 6.32. The van der Waals surface area contributed by atoms with E-state index in [0.29, 0.717) is 5.75 Å². The molecule has 2 rings (SSSR count). The Labute approximate surface area is 114 Å². The van der Waals surface area contributed by atoms with Gasteiger partial charge in [-0.05, 0) is 67.1 Å². The van der Waals surface area contributed by atoms with Crippen LogP contribution in [-0.2, 0) is 6.42 Å². The molecule has 0 aliphatic heterocycles. The summed E-state index contributed by atoms with van der Waals surface area (Å²) in [5.41, 5.74) is 6.54. The van der Waals surface area contributed by atoms with Gasteiger partial charge in [0.2, 0.25) is 0 Å². The molecule has 0 amide bonds. The lowest BCUT2D eigenvalue weighted by Crippen LogP contribution is -1.95. The van der Waals surface area contributed by atoms with Crippen LogP contribution in [0.3, 0.4) is 0 Å². The van der Waals surface area contributed by atoms with Crippen molar-refractivity contribution >= 4 is 0 Å². The van der Waals surface area contributed by atoms with Gasteiger partial charge < -0.3 is 4.74 Å². The zero-order valence-corrected chi connectivity index (χ0v) is 11.5. The van der Waals surface area contributed by atoms with E-state index in [1.165, 1.54) is 27.8 Å². The Bertz CT molecular complexity index is 621. The molecule has 0 aliphatic carbocycles. The number of ether oxygens (including phenoxy) is 1. The molecule has 0 fully saturated rings. The van der Waals surface area contributed by atoms with Crippen LogP contribution in [0.5, 0.6) is 5.75 Å². The van der Waals surface area contributed by atoms with Crippen LogP contribution in [0.1, 0.15) is 27.8 Å². The Kier molecular flexibility index (Phi) is 3.87. The molecule has 2 aromatic carbocycles. The molecular weight excluding hydrogens is 234 g/mol. The second-order valence-electron chi connectivity index (χ2n) is 4.88. The van der Waals surface area contributed by atoms with Gasteiger partial charge in [0, 0.05) is 0 Å². The summed E-state index contributed by atoms with van der Waals surface area (Å²) in [4.78, 5) is 0. The fourth-order valence-electron chi connectivity index (χ4n) is 2.16. The van der Waals surface area contributed by atoms with Gasteiger partial charge >= 0.3 is 0 Å². The van der Waals surface area contributed by atoms with Crippen LogP contribution in [0.15, 0.2) is 36.4 Å². The van der Waals surface area contributed by atoms with Gasteiger partial charge in [-0.3, -0.25) is 0 Å². The van der Waals surface area contributed by atoms with Crippen LogP contribution in [-0.4, -0.2) is 0 Å². The molecule has 0 saturated carbocycles. The van der Waals surface area contributed by atoms with Crippen LogP contribution in [0.4, 0.5) is 0 Å². The Morgan fingerprint density at radius 3 is 2.21 bits per heavy atom. The van der Waals surface area contributed by atoms with Crippen LogP contribution in [0.2, 0.25) is 0 Å². The van der Waals surface area contributed by atoms with Crippen molar-refractivity contribution in [3.05, 3.63) is 64.2 Å². The number of benzene rings is 2. The summed E-state index contributed by atoms with van der Waals surface area (Å²) in [6.45, 7) is 6.43. The molecule has 0 spiro atoms. The minimum atomic E-state index is 0.586. The Hall–Kier alpha value is -2.27. The monoisotopic (exact) mass is 251 g/mol. The van der Waals surface area contributed by atoms with E-state index in [9.17, 15) is 0 Å². The summed E-state index contributed by atoms with van der Waals surface area (Å²) in [6, 6.07) is 12.1. The lowest BCUT2D eigenvalue weighted by Gasteiger charge is -2.10. The lowest BCUT2D eigenvalue weighted by atomic mass is 9.96. The first-order chi connectivity index (χ1) is 9.10. The molecule has 0 saturated heterocycles. The molecule has 0 heterocycles. The van der Waals surface area contributed by atoms with Crippen molar-refractivity contribution in [2.24, 2.45) is 0 Å². The van der Waals surface area contributed by atoms with E-state index in [1.807, 2.05) is 24.3 Å². The number of nitrogens with zero attached hydrogens (tertiary/aromatic N) is 1. The van der Waals surface area contributed by atoms with E-state index in [4.69, 9.17) is 10.00 Å². The van der Waals surface area contributed by atoms with Crippen molar-refractivity contribution in [3.63, 3.8) is 0 Å². The van der Waals surface area contributed by atoms with E-state index in [-0.39, 0.29) is 0 Å². The van der Waals surface area contributed by atoms with E-state index in [2.05, 4.69) is 32.9 Å². The molecule has 19 heavy (non-hydrogen) atoms. The lowest BCUT2D eigenvalue weighted by molar-refractivity contribution is 0.507. The van der Waals surface area contributed by atoms with E-state index >= 15 is 0 Å². The van der Waals surface area contributed by atoms with Crippen LogP contribution in [0, 0.1) is 32.3 Å². The molecule has 0 radical (unpaired) electrons. The summed E-state index contributed by atoms with van der Waals surface area (Å²) >= 11 is 0. The van der Waals surface area contributed by atoms with Gasteiger partial charge in [-0.15, -0.1) is 5.26 Å². The maximum Gasteiger partial charge on any atom is 0.292 e. The predicted octanol–water partition coefficient (Wildman–Crippen LogP) is 4.06. The standard InChI is InChI=1S/C17H17NO/c1-12-8-14(3)16(9-13(12)2)10-15-4-6-17(7-5-15)19-11-18/h4-9H,10H2,1-3H3. The highest BCUT2D eigenvalue weighted by atomic mass is 16.5. The number of hydrogen-bond acceptors (Lipinski definition) is 2. The molecule has 2 heteroatoms. The third kappa shape index (κ3) is 3.14. The second-order valence-corrected chi connectivity index (χ2v) is 4.88. The topological polar surface area (TPSA) is 33.0 Å². The molecule has 0 unspecified atom stereocenters. The Balaban J connectivity index is 2.22. The van der Waals surface area contributed by atoms with Crippen LogP contribution < -0.4 is 4.74 Å². The van der Waals surface area contributed by atoms with Crippen molar-refractivity contribution in [3.8, 4) is 12.0 Å².